The van der Waals surface area contributed by atoms with Crippen LogP contribution in [0.5, 0.6) is 0 Å². The second-order valence-corrected chi connectivity index (χ2v) is 12.3. The van der Waals surface area contributed by atoms with Crippen molar-refractivity contribution in [3.05, 3.63) is 23.8 Å². The fourth-order valence-electron chi connectivity index (χ4n) is 3.98. The van der Waals surface area contributed by atoms with E-state index in [1.54, 1.807) is 6.07 Å². The lowest BCUT2D eigenvalue weighted by atomic mass is 9.76. The van der Waals surface area contributed by atoms with Gasteiger partial charge in [-0.3, -0.25) is 9.11 Å². The normalized spacial score (nSPS) is 19.5. The summed E-state index contributed by atoms with van der Waals surface area (Å²) in [6, 6.07) is 4.50. The van der Waals surface area contributed by atoms with Crippen LogP contribution in [0.15, 0.2) is 23.1 Å². The number of nitrogens with zero attached hydrogens (tertiary/aromatic N) is 1. The van der Waals surface area contributed by atoms with E-state index in [0.717, 1.165) is 11.4 Å². The van der Waals surface area contributed by atoms with Gasteiger partial charge in [-0.25, -0.2) is 0 Å². The molecular weight excluding hydrogens is 491 g/mol. The molecule has 0 saturated heterocycles. The predicted octanol–water partition coefficient (Wildman–Crippen LogP) is 4.40. The molecular formula is C19H27F3NO6S3+. The molecule has 182 valence electrons. The first kappa shape index (κ1) is 27.1. The number of fused-ring (bicyclic) bond motifs is 1. The third kappa shape index (κ3) is 7.72. The van der Waals surface area contributed by atoms with Crippen LogP contribution in [-0.2, 0) is 25.7 Å². The third-order valence-electron chi connectivity index (χ3n) is 5.65. The maximum absolute atomic E-state index is 12.9. The molecule has 2 rings (SSSR count). The van der Waals surface area contributed by atoms with Gasteiger partial charge in [-0.1, -0.05) is 6.42 Å². The lowest BCUT2D eigenvalue weighted by Crippen LogP contribution is -2.30. The van der Waals surface area contributed by atoms with Gasteiger partial charge < -0.3 is 0 Å². The predicted molar refractivity (Wildman–Crippen MR) is 117 cm³/mol. The summed E-state index contributed by atoms with van der Waals surface area (Å²) < 4.78 is 102. The summed E-state index contributed by atoms with van der Waals surface area (Å²) in [7, 11) is -8.16. The molecule has 2 N–H and O–H groups in total. The lowest BCUT2D eigenvalue weighted by Gasteiger charge is -2.22. The van der Waals surface area contributed by atoms with Crippen molar-refractivity contribution in [3.8, 4) is 0 Å². The van der Waals surface area contributed by atoms with Crippen molar-refractivity contribution in [1.29, 1.82) is 0 Å². The van der Waals surface area contributed by atoms with Crippen LogP contribution in [0.4, 0.5) is 18.9 Å². The number of rotatable bonds is 11. The minimum absolute atomic E-state index is 0.0430. The molecule has 0 aliphatic carbocycles. The summed E-state index contributed by atoms with van der Waals surface area (Å²) in [6.45, 7) is 4.15. The minimum atomic E-state index is -4.44. The highest BCUT2D eigenvalue weighted by Gasteiger charge is 2.46. The zero-order valence-electron chi connectivity index (χ0n) is 17.7. The average Bonchev–Trinajstić information content (AvgIpc) is 2.81. The Labute approximate surface area is 190 Å². The fourth-order valence-corrected chi connectivity index (χ4v) is 5.70. The molecule has 1 aliphatic heterocycles. The van der Waals surface area contributed by atoms with Gasteiger partial charge in [-0.2, -0.15) is 34.6 Å². The van der Waals surface area contributed by atoms with Gasteiger partial charge in [0.15, 0.2) is 5.71 Å². The second-order valence-electron chi connectivity index (χ2n) is 8.03. The van der Waals surface area contributed by atoms with Gasteiger partial charge in [-0.15, -0.1) is 0 Å². The van der Waals surface area contributed by atoms with Crippen molar-refractivity contribution in [3.63, 3.8) is 0 Å². The highest BCUT2D eigenvalue weighted by Crippen LogP contribution is 2.46. The van der Waals surface area contributed by atoms with E-state index in [2.05, 4.69) is 0 Å². The Morgan fingerprint density at radius 2 is 1.56 bits per heavy atom. The Balaban J connectivity index is 2.31. The summed E-state index contributed by atoms with van der Waals surface area (Å²) in [5.74, 6) is -0.765. The van der Waals surface area contributed by atoms with Crippen LogP contribution in [0.2, 0.25) is 0 Å². The third-order valence-corrected chi connectivity index (χ3v) is 7.98. The van der Waals surface area contributed by atoms with Crippen molar-refractivity contribution >= 4 is 43.4 Å². The van der Waals surface area contributed by atoms with Crippen LogP contribution in [0, 0.1) is 0 Å². The van der Waals surface area contributed by atoms with E-state index >= 15 is 0 Å². The van der Waals surface area contributed by atoms with Crippen LogP contribution in [-0.4, -0.2) is 59.8 Å². The van der Waals surface area contributed by atoms with Crippen molar-refractivity contribution in [2.45, 2.75) is 61.8 Å². The Morgan fingerprint density at radius 3 is 2.09 bits per heavy atom. The summed E-state index contributed by atoms with van der Waals surface area (Å²) in [5, 5.41) is 0. The van der Waals surface area contributed by atoms with Crippen molar-refractivity contribution in [2.24, 2.45) is 0 Å². The molecule has 7 nitrogen and oxygen atoms in total. The van der Waals surface area contributed by atoms with Crippen molar-refractivity contribution in [1.82, 2.24) is 0 Å². The monoisotopic (exact) mass is 518 g/mol. The van der Waals surface area contributed by atoms with E-state index in [9.17, 15) is 30.0 Å². The zero-order chi connectivity index (χ0) is 24.4. The van der Waals surface area contributed by atoms with Gasteiger partial charge in [0.1, 0.15) is 6.54 Å². The minimum Gasteiger partial charge on any atom is -0.286 e. The number of halogens is 3. The highest BCUT2D eigenvalue weighted by molar-refractivity contribution is 8.00. The largest absolute Gasteiger partial charge is 0.446 e. The van der Waals surface area contributed by atoms with E-state index in [4.69, 9.17) is 9.11 Å². The number of thioether (sulfide) groups is 1. The number of unbranched alkanes of at least 4 members (excludes halogenated alkanes) is 2. The van der Waals surface area contributed by atoms with Crippen molar-refractivity contribution < 1.29 is 43.7 Å². The second kappa shape index (κ2) is 10.00. The van der Waals surface area contributed by atoms with Crippen LogP contribution >= 0.6 is 11.8 Å². The molecule has 1 unspecified atom stereocenters. The standard InChI is InChI=1S/C19H26F3NO6S3/c1-14-18(2,9-3-5-11-31(24,25)26)16-13-15(30-19(20,21)22)7-8-17(16)23(14)10-4-6-12-32(27,28)29/h7-8,13H,3-6,9-12H2,1-2H3,(H-,24,25,26,27,28,29)/p+1. The molecule has 1 heterocycles. The Hall–Kier alpha value is -1.15. The molecule has 0 bridgehead atoms. The van der Waals surface area contributed by atoms with Crippen molar-refractivity contribution in [2.75, 3.05) is 18.1 Å². The molecule has 13 heteroatoms. The Bertz CT molecular complexity index is 1080. The SMILES string of the molecule is CC1=[N+](CCCCS(=O)(=O)O)c2ccc(SC(F)(F)F)cc2C1(C)CCCCS(=O)(=O)O. The van der Waals surface area contributed by atoms with Crippen LogP contribution < -0.4 is 0 Å². The van der Waals surface area contributed by atoms with E-state index in [-0.39, 0.29) is 35.3 Å². The number of hydrogen-bond acceptors (Lipinski definition) is 5. The number of alkyl halides is 3. The molecule has 0 radical (unpaired) electrons. The van der Waals surface area contributed by atoms with Crippen LogP contribution in [0.3, 0.4) is 0 Å². The van der Waals surface area contributed by atoms with Gasteiger partial charge in [0.2, 0.25) is 5.69 Å². The first-order chi connectivity index (χ1) is 14.5. The first-order valence-corrected chi connectivity index (χ1v) is 14.0. The van der Waals surface area contributed by atoms with E-state index in [1.165, 1.54) is 12.1 Å². The molecule has 0 fully saturated rings. The lowest BCUT2D eigenvalue weighted by molar-refractivity contribution is -0.439. The van der Waals surface area contributed by atoms with Gasteiger partial charge >= 0.3 is 5.51 Å². The van der Waals surface area contributed by atoms with Crippen LogP contribution in [0.25, 0.3) is 0 Å². The van der Waals surface area contributed by atoms with Gasteiger partial charge in [0.05, 0.1) is 16.9 Å². The maximum Gasteiger partial charge on any atom is 0.446 e. The Morgan fingerprint density at radius 1 is 1.00 bits per heavy atom. The smallest absolute Gasteiger partial charge is 0.286 e. The van der Waals surface area contributed by atoms with Crippen LogP contribution in [0.1, 0.15) is 51.5 Å². The molecule has 1 atom stereocenters. The summed E-state index contributed by atoms with van der Waals surface area (Å²) in [5.41, 5.74) is -2.82. The van der Waals surface area contributed by atoms with Gasteiger partial charge in [0.25, 0.3) is 20.2 Å². The highest BCUT2D eigenvalue weighted by atomic mass is 32.2. The van der Waals surface area contributed by atoms with E-state index in [1.807, 2.05) is 18.4 Å². The van der Waals surface area contributed by atoms with Gasteiger partial charge in [-0.05, 0) is 50.1 Å². The molecule has 1 aromatic rings. The topological polar surface area (TPSA) is 112 Å². The number of hydrogen-bond donors (Lipinski definition) is 2. The average molecular weight is 519 g/mol. The zero-order valence-corrected chi connectivity index (χ0v) is 20.2. The van der Waals surface area contributed by atoms with E-state index < -0.39 is 36.9 Å². The van der Waals surface area contributed by atoms with E-state index in [0.29, 0.717) is 31.4 Å². The first-order valence-electron chi connectivity index (χ1n) is 9.94. The molecule has 1 aliphatic rings. The maximum atomic E-state index is 12.9. The molecule has 0 aromatic heterocycles. The summed E-state index contributed by atoms with van der Waals surface area (Å²) in [4.78, 5) is 0.0430. The number of benzene rings is 1. The fraction of sp³-hybridized carbons (Fsp3) is 0.632. The molecule has 0 spiro atoms. The summed E-state index contributed by atoms with van der Waals surface area (Å²) >= 11 is -0.209. The molecule has 0 amide bonds. The molecule has 1 aromatic carbocycles. The molecule has 32 heavy (non-hydrogen) atoms. The summed E-state index contributed by atoms with van der Waals surface area (Å²) in [6.07, 6.45) is 1.77. The Kier molecular flexibility index (Phi) is 8.47. The quantitative estimate of drug-likeness (QED) is 0.193. The van der Waals surface area contributed by atoms with Gasteiger partial charge in [0, 0.05) is 29.9 Å². The molecule has 0 saturated carbocycles.